The minimum Gasteiger partial charge on any atom is -0.346 e. The second-order valence-corrected chi connectivity index (χ2v) is 3.79. The Labute approximate surface area is 124 Å². The summed E-state index contributed by atoms with van der Waals surface area (Å²) in [5, 5.41) is 0. The molecule has 2 nitrogen and oxygen atoms in total. The number of hydrogen-bond acceptors (Lipinski definition) is 2. The van der Waals surface area contributed by atoms with Crippen molar-refractivity contribution in [1.29, 1.82) is 0 Å². The SMILES string of the molecule is O=C1CCCC(=O)CCC1.[C-]1=CC=CC1.[CH2-]C.[Ir]. The molecule has 0 bridgehead atoms. The minimum atomic E-state index is 0. The smallest absolute Gasteiger partial charge is 0.132 e. The number of carbonyl (C=O) groups excluding carboxylic acids is 2. The van der Waals surface area contributed by atoms with E-state index < -0.39 is 0 Å². The Kier molecular flexibility index (Phi) is 16.0. The summed E-state index contributed by atoms with van der Waals surface area (Å²) < 4.78 is 0. The molecule has 0 N–H and O–H groups in total. The van der Waals surface area contributed by atoms with Crippen LogP contribution in [-0.4, -0.2) is 11.6 Å². The van der Waals surface area contributed by atoms with Crippen LogP contribution in [0.2, 0.25) is 0 Å². The number of allylic oxidation sites excluding steroid dienone is 4. The fraction of sp³-hybridized carbons (Fsp3) is 0.533. The number of carbonyl (C=O) groups is 2. The van der Waals surface area contributed by atoms with Crippen molar-refractivity contribution in [1.82, 2.24) is 0 Å². The van der Waals surface area contributed by atoms with Gasteiger partial charge in [0.1, 0.15) is 11.6 Å². The summed E-state index contributed by atoms with van der Waals surface area (Å²) in [6.45, 7) is 5.00. The number of hydrogen-bond donors (Lipinski definition) is 0. The van der Waals surface area contributed by atoms with Gasteiger partial charge in [0.15, 0.2) is 0 Å². The van der Waals surface area contributed by atoms with Gasteiger partial charge in [-0.15, -0.1) is 6.42 Å². The van der Waals surface area contributed by atoms with Crippen molar-refractivity contribution >= 4 is 11.6 Å². The van der Waals surface area contributed by atoms with Crippen molar-refractivity contribution in [2.24, 2.45) is 0 Å². The third kappa shape index (κ3) is 11.9. The molecule has 0 heterocycles. The zero-order valence-electron chi connectivity index (χ0n) is 11.0. The van der Waals surface area contributed by atoms with Gasteiger partial charge in [-0.2, -0.15) is 13.0 Å². The predicted octanol–water partition coefficient (Wildman–Crippen LogP) is 3.62. The molecule has 2 aliphatic rings. The van der Waals surface area contributed by atoms with Crippen LogP contribution < -0.4 is 0 Å². The second-order valence-electron chi connectivity index (χ2n) is 3.79. The van der Waals surface area contributed by atoms with Gasteiger partial charge in [-0.05, 0) is 12.8 Å². The van der Waals surface area contributed by atoms with E-state index in [1.807, 2.05) is 12.2 Å². The van der Waals surface area contributed by atoms with Crippen molar-refractivity contribution < 1.29 is 29.7 Å². The van der Waals surface area contributed by atoms with Gasteiger partial charge in [-0.3, -0.25) is 15.7 Å². The Morgan fingerprint density at radius 3 is 1.67 bits per heavy atom. The van der Waals surface area contributed by atoms with Gasteiger partial charge in [-0.1, -0.05) is 0 Å². The van der Waals surface area contributed by atoms with E-state index in [1.165, 1.54) is 0 Å². The number of rotatable bonds is 0. The summed E-state index contributed by atoms with van der Waals surface area (Å²) in [5.74, 6) is 0.653. The second kappa shape index (κ2) is 14.5. The van der Waals surface area contributed by atoms with Crippen molar-refractivity contribution in [3.05, 3.63) is 31.2 Å². The van der Waals surface area contributed by atoms with Gasteiger partial charge in [0.05, 0.1) is 0 Å². The maximum Gasteiger partial charge on any atom is 0.132 e. The van der Waals surface area contributed by atoms with E-state index in [0.29, 0.717) is 37.2 Å². The summed E-state index contributed by atoms with van der Waals surface area (Å²) >= 11 is 0. The van der Waals surface area contributed by atoms with Crippen molar-refractivity contribution in [3.63, 3.8) is 0 Å². The van der Waals surface area contributed by atoms with Crippen LogP contribution in [0.15, 0.2) is 18.2 Å². The molecule has 1 radical (unpaired) electrons. The zero-order chi connectivity index (χ0) is 12.9. The Hall–Kier alpha value is -0.531. The molecular weight excluding hydrogens is 404 g/mol. The molecule has 0 aromatic heterocycles. The van der Waals surface area contributed by atoms with Gasteiger partial charge in [0, 0.05) is 45.8 Å². The molecule has 1 fully saturated rings. The number of Topliss-reactive ketones (excluding diaryl/α,β-unsaturated/α-hetero) is 2. The summed E-state index contributed by atoms with van der Waals surface area (Å²) in [5.41, 5.74) is 0. The standard InChI is InChI=1S/C8H12O2.C5H5.C2H5.Ir/c9-7-3-1-4-8(10)6-2-5-7;1-2-4-5-3-1;1-2;/h1-6H2;1-3H,4H2;1H2,2H3;/q;2*-1;. The van der Waals surface area contributed by atoms with Crippen LogP contribution in [0, 0.1) is 13.0 Å². The van der Waals surface area contributed by atoms with Crippen LogP contribution in [0.25, 0.3) is 0 Å². The van der Waals surface area contributed by atoms with Crippen LogP contribution in [0.4, 0.5) is 0 Å². The molecule has 3 heteroatoms. The molecule has 2 aliphatic carbocycles. The van der Waals surface area contributed by atoms with Crippen molar-refractivity contribution in [2.75, 3.05) is 0 Å². The van der Waals surface area contributed by atoms with Gasteiger partial charge in [0.25, 0.3) is 0 Å². The average molecular weight is 427 g/mol. The third-order valence-electron chi connectivity index (χ3n) is 2.41. The normalized spacial score (nSPS) is 17.4. The predicted molar refractivity (Wildman–Crippen MR) is 70.3 cm³/mol. The molecule has 105 valence electrons. The van der Waals surface area contributed by atoms with Crippen LogP contribution in [0.5, 0.6) is 0 Å². The Morgan fingerprint density at radius 1 is 1.00 bits per heavy atom. The fourth-order valence-electron chi connectivity index (χ4n) is 1.56. The van der Waals surface area contributed by atoms with Gasteiger partial charge in [-0.25, -0.2) is 12.2 Å². The molecule has 0 amide bonds. The molecule has 0 aromatic rings. The largest absolute Gasteiger partial charge is 0.346 e. The Bertz CT molecular complexity index is 240. The molecule has 0 aliphatic heterocycles. The molecule has 0 saturated heterocycles. The van der Waals surface area contributed by atoms with Gasteiger partial charge >= 0.3 is 0 Å². The first-order valence-corrected chi connectivity index (χ1v) is 6.25. The summed E-state index contributed by atoms with van der Waals surface area (Å²) in [6.07, 6.45) is 14.0. The van der Waals surface area contributed by atoms with E-state index in [0.717, 1.165) is 19.3 Å². The summed E-state index contributed by atoms with van der Waals surface area (Å²) in [4.78, 5) is 21.7. The van der Waals surface area contributed by atoms with E-state index >= 15 is 0 Å². The zero-order valence-corrected chi connectivity index (χ0v) is 13.4. The maximum atomic E-state index is 10.8. The van der Waals surface area contributed by atoms with Gasteiger partial charge in [0.2, 0.25) is 0 Å². The first-order valence-electron chi connectivity index (χ1n) is 6.25. The molecule has 18 heavy (non-hydrogen) atoms. The van der Waals surface area contributed by atoms with Crippen LogP contribution in [0.1, 0.15) is 51.9 Å². The van der Waals surface area contributed by atoms with Crippen molar-refractivity contribution in [3.8, 4) is 0 Å². The Morgan fingerprint density at radius 2 is 1.44 bits per heavy atom. The van der Waals surface area contributed by atoms with E-state index in [-0.39, 0.29) is 20.1 Å². The van der Waals surface area contributed by atoms with E-state index in [4.69, 9.17) is 0 Å². The van der Waals surface area contributed by atoms with Crippen molar-refractivity contribution in [2.45, 2.75) is 51.9 Å². The quantitative estimate of drug-likeness (QED) is 0.555. The summed E-state index contributed by atoms with van der Waals surface area (Å²) in [6, 6.07) is 0. The van der Waals surface area contributed by atoms with E-state index in [1.54, 1.807) is 6.92 Å². The van der Waals surface area contributed by atoms with Crippen LogP contribution in [0.3, 0.4) is 0 Å². The third-order valence-corrected chi connectivity index (χ3v) is 2.41. The number of ketones is 2. The Balaban J connectivity index is 0. The van der Waals surface area contributed by atoms with Gasteiger partial charge < -0.3 is 6.92 Å². The summed E-state index contributed by atoms with van der Waals surface area (Å²) in [7, 11) is 0. The maximum absolute atomic E-state index is 10.8. The molecule has 0 spiro atoms. The van der Waals surface area contributed by atoms with E-state index in [9.17, 15) is 9.59 Å². The molecule has 1 saturated carbocycles. The monoisotopic (exact) mass is 427 g/mol. The van der Waals surface area contributed by atoms with E-state index in [2.05, 4.69) is 19.1 Å². The first-order chi connectivity index (χ1) is 8.29. The molecule has 2 rings (SSSR count). The fourth-order valence-corrected chi connectivity index (χ4v) is 1.56. The molecule has 0 unspecified atom stereocenters. The first kappa shape index (κ1) is 19.8. The topological polar surface area (TPSA) is 34.1 Å². The average Bonchev–Trinajstić information content (AvgIpc) is 2.88. The molecule has 0 atom stereocenters. The molecule has 0 aromatic carbocycles. The van der Waals surface area contributed by atoms with Crippen LogP contribution >= 0.6 is 0 Å². The molecular formula is C15H22IrO2-2. The minimum absolute atomic E-state index is 0. The van der Waals surface area contributed by atoms with Crippen LogP contribution in [-0.2, 0) is 29.7 Å².